The normalized spacial score (nSPS) is 9.31. The van der Waals surface area contributed by atoms with Gasteiger partial charge in [-0.05, 0) is 6.92 Å². The first-order valence-corrected chi connectivity index (χ1v) is 3.94. The second-order valence-corrected chi connectivity index (χ2v) is 2.59. The molecule has 1 amide bonds. The molecule has 5 nitrogen and oxygen atoms in total. The van der Waals surface area contributed by atoms with Crippen molar-refractivity contribution in [1.82, 2.24) is 10.2 Å². The van der Waals surface area contributed by atoms with Crippen molar-refractivity contribution in [2.45, 2.75) is 20.3 Å². The van der Waals surface area contributed by atoms with Gasteiger partial charge in [0.15, 0.2) is 5.82 Å². The Labute approximate surface area is 75.8 Å². The van der Waals surface area contributed by atoms with Crippen LogP contribution in [0.3, 0.4) is 0 Å². The van der Waals surface area contributed by atoms with Gasteiger partial charge in [0.2, 0.25) is 5.91 Å². The Kier molecular flexibility index (Phi) is 2.65. The van der Waals surface area contributed by atoms with Gasteiger partial charge < -0.3 is 5.32 Å². The molecule has 2 N–H and O–H groups in total. The van der Waals surface area contributed by atoms with Gasteiger partial charge in [0.1, 0.15) is 11.6 Å². The van der Waals surface area contributed by atoms with E-state index in [1.807, 2.05) is 6.07 Å². The maximum atomic E-state index is 11.0. The van der Waals surface area contributed by atoms with Crippen LogP contribution in [0.4, 0.5) is 5.82 Å². The van der Waals surface area contributed by atoms with E-state index in [-0.39, 0.29) is 5.91 Å². The Balaban J connectivity index is 2.90. The minimum atomic E-state index is -0.150. The van der Waals surface area contributed by atoms with E-state index in [2.05, 4.69) is 15.5 Å². The molecule has 0 unspecified atom stereocenters. The fraction of sp³-hybridized carbons (Fsp3) is 0.375. The molecule has 0 aromatic carbocycles. The molecule has 1 aromatic rings. The average Bonchev–Trinajstić information content (AvgIpc) is 2.46. The van der Waals surface area contributed by atoms with E-state index in [9.17, 15) is 4.79 Å². The Morgan fingerprint density at radius 1 is 1.77 bits per heavy atom. The fourth-order valence-electron chi connectivity index (χ4n) is 0.877. The number of anilines is 1. The molecule has 0 radical (unpaired) electrons. The number of nitrogens with zero attached hydrogens (tertiary/aromatic N) is 2. The molecule has 1 heterocycles. The van der Waals surface area contributed by atoms with Gasteiger partial charge in [-0.1, -0.05) is 6.92 Å². The third-order valence-electron chi connectivity index (χ3n) is 1.64. The van der Waals surface area contributed by atoms with Crippen molar-refractivity contribution >= 4 is 11.7 Å². The monoisotopic (exact) mass is 178 g/mol. The highest BCUT2D eigenvalue weighted by molar-refractivity contribution is 5.90. The standard InChI is InChI=1S/C8H10N4O/c1-3-7(13)10-8-6(4-9)5(2)11-12-8/h3H2,1-2H3,(H2,10,11,12,13). The highest BCUT2D eigenvalue weighted by Gasteiger charge is 2.10. The SMILES string of the molecule is CCC(=O)Nc1n[nH]c(C)c1C#N. The molecule has 0 aliphatic rings. The number of aryl methyl sites for hydroxylation is 1. The summed E-state index contributed by atoms with van der Waals surface area (Å²) in [7, 11) is 0. The molecule has 0 aliphatic carbocycles. The smallest absolute Gasteiger partial charge is 0.225 e. The highest BCUT2D eigenvalue weighted by atomic mass is 16.1. The Morgan fingerprint density at radius 2 is 2.46 bits per heavy atom. The van der Waals surface area contributed by atoms with Crippen molar-refractivity contribution in [2.75, 3.05) is 5.32 Å². The number of hydrogen-bond donors (Lipinski definition) is 2. The van der Waals surface area contributed by atoms with Crippen LogP contribution >= 0.6 is 0 Å². The summed E-state index contributed by atoms with van der Waals surface area (Å²) in [6.45, 7) is 3.47. The minimum absolute atomic E-state index is 0.150. The topological polar surface area (TPSA) is 81.6 Å². The molecule has 0 bridgehead atoms. The first kappa shape index (κ1) is 9.26. The zero-order valence-electron chi connectivity index (χ0n) is 7.51. The third-order valence-corrected chi connectivity index (χ3v) is 1.64. The van der Waals surface area contributed by atoms with Gasteiger partial charge in [-0.2, -0.15) is 10.4 Å². The first-order chi connectivity index (χ1) is 6.19. The Morgan fingerprint density at radius 3 is 3.00 bits per heavy atom. The first-order valence-electron chi connectivity index (χ1n) is 3.94. The number of rotatable bonds is 2. The van der Waals surface area contributed by atoms with E-state index in [4.69, 9.17) is 5.26 Å². The number of amides is 1. The molecule has 1 rings (SSSR count). The van der Waals surface area contributed by atoms with Gasteiger partial charge in [0.05, 0.1) is 5.69 Å². The van der Waals surface area contributed by atoms with E-state index in [0.717, 1.165) is 0 Å². The number of aromatic nitrogens is 2. The summed E-state index contributed by atoms with van der Waals surface area (Å²) in [6.07, 6.45) is 0.372. The van der Waals surface area contributed by atoms with Crippen LogP contribution in [0.1, 0.15) is 24.6 Å². The van der Waals surface area contributed by atoms with Crippen LogP contribution in [0.2, 0.25) is 0 Å². The summed E-state index contributed by atoms with van der Waals surface area (Å²) in [6, 6.07) is 1.96. The Hall–Kier alpha value is -1.83. The summed E-state index contributed by atoms with van der Waals surface area (Å²) in [5.74, 6) is 0.162. The summed E-state index contributed by atoms with van der Waals surface area (Å²) >= 11 is 0. The Bertz CT molecular complexity index is 361. The van der Waals surface area contributed by atoms with Gasteiger partial charge in [0.25, 0.3) is 0 Å². The molecule has 13 heavy (non-hydrogen) atoms. The molecule has 0 atom stereocenters. The van der Waals surface area contributed by atoms with Crippen molar-refractivity contribution in [3.05, 3.63) is 11.3 Å². The summed E-state index contributed by atoms with van der Waals surface area (Å²) < 4.78 is 0. The third kappa shape index (κ3) is 1.85. The average molecular weight is 178 g/mol. The van der Waals surface area contributed by atoms with E-state index >= 15 is 0 Å². The molecular weight excluding hydrogens is 168 g/mol. The summed E-state index contributed by atoms with van der Waals surface area (Å²) in [4.78, 5) is 11.0. The highest BCUT2D eigenvalue weighted by Crippen LogP contribution is 2.13. The maximum Gasteiger partial charge on any atom is 0.225 e. The molecule has 0 fully saturated rings. The minimum Gasteiger partial charge on any atom is -0.308 e. The number of carbonyl (C=O) groups is 1. The summed E-state index contributed by atoms with van der Waals surface area (Å²) in [5, 5.41) is 17.7. The number of aromatic amines is 1. The molecule has 1 aromatic heterocycles. The number of hydrogen-bond acceptors (Lipinski definition) is 3. The lowest BCUT2D eigenvalue weighted by Crippen LogP contribution is -2.10. The van der Waals surface area contributed by atoms with Crippen LogP contribution < -0.4 is 5.32 Å². The molecule has 0 aliphatic heterocycles. The number of nitrogens with one attached hydrogen (secondary N) is 2. The van der Waals surface area contributed by atoms with Gasteiger partial charge in [-0.25, -0.2) is 0 Å². The summed E-state index contributed by atoms with van der Waals surface area (Å²) in [5.41, 5.74) is 1.05. The number of nitriles is 1. The van der Waals surface area contributed by atoms with Crippen molar-refractivity contribution in [1.29, 1.82) is 5.26 Å². The van der Waals surface area contributed by atoms with Gasteiger partial charge in [-0.15, -0.1) is 0 Å². The van der Waals surface area contributed by atoms with Crippen LogP contribution in [0.5, 0.6) is 0 Å². The van der Waals surface area contributed by atoms with Crippen LogP contribution in [0.15, 0.2) is 0 Å². The molecule has 0 saturated carbocycles. The lowest BCUT2D eigenvalue weighted by Gasteiger charge is -1.97. The molecule has 68 valence electrons. The number of carbonyl (C=O) groups excluding carboxylic acids is 1. The van der Waals surface area contributed by atoms with Crippen molar-refractivity contribution in [3.63, 3.8) is 0 Å². The lowest BCUT2D eigenvalue weighted by molar-refractivity contribution is -0.115. The largest absolute Gasteiger partial charge is 0.308 e. The van der Waals surface area contributed by atoms with Crippen molar-refractivity contribution in [2.24, 2.45) is 0 Å². The quantitative estimate of drug-likeness (QED) is 0.707. The second-order valence-electron chi connectivity index (χ2n) is 2.59. The molecule has 0 spiro atoms. The van der Waals surface area contributed by atoms with Gasteiger partial charge in [-0.3, -0.25) is 9.89 Å². The molecular formula is C8H10N4O. The van der Waals surface area contributed by atoms with E-state index in [0.29, 0.717) is 23.5 Å². The zero-order valence-corrected chi connectivity index (χ0v) is 7.51. The molecule has 5 heteroatoms. The van der Waals surface area contributed by atoms with Crippen LogP contribution in [0.25, 0.3) is 0 Å². The van der Waals surface area contributed by atoms with Gasteiger partial charge in [0, 0.05) is 6.42 Å². The number of H-pyrrole nitrogens is 1. The van der Waals surface area contributed by atoms with Crippen molar-refractivity contribution < 1.29 is 4.79 Å². The maximum absolute atomic E-state index is 11.0. The zero-order chi connectivity index (χ0) is 9.84. The van der Waals surface area contributed by atoms with E-state index < -0.39 is 0 Å². The predicted molar refractivity (Wildman–Crippen MR) is 47.0 cm³/mol. The van der Waals surface area contributed by atoms with Crippen LogP contribution in [-0.4, -0.2) is 16.1 Å². The second kappa shape index (κ2) is 3.72. The van der Waals surface area contributed by atoms with Crippen molar-refractivity contribution in [3.8, 4) is 6.07 Å². The van der Waals surface area contributed by atoms with Crippen LogP contribution in [-0.2, 0) is 4.79 Å². The molecule has 0 saturated heterocycles. The predicted octanol–water partition coefficient (Wildman–Crippen LogP) is 0.938. The van der Waals surface area contributed by atoms with Gasteiger partial charge >= 0.3 is 0 Å². The van der Waals surface area contributed by atoms with E-state index in [1.54, 1.807) is 13.8 Å². The fourth-order valence-corrected chi connectivity index (χ4v) is 0.877. The lowest BCUT2D eigenvalue weighted by atomic mass is 10.2. The van der Waals surface area contributed by atoms with Crippen LogP contribution in [0, 0.1) is 18.3 Å². The van der Waals surface area contributed by atoms with E-state index in [1.165, 1.54) is 0 Å².